The number of nitrogens with one attached hydrogen (secondary N) is 1. The summed E-state index contributed by atoms with van der Waals surface area (Å²) < 4.78 is 0. The molecule has 1 nitrogen and oxygen atoms in total. The number of H-pyrrole nitrogens is 1. The van der Waals surface area contributed by atoms with E-state index in [2.05, 4.69) is 163 Å². The first kappa shape index (κ1) is 24.0. The van der Waals surface area contributed by atoms with Gasteiger partial charge < -0.3 is 4.98 Å². The lowest BCUT2D eigenvalue weighted by Gasteiger charge is -2.19. The molecule has 0 atom stereocenters. The second-order valence-corrected chi connectivity index (χ2v) is 11.3. The van der Waals surface area contributed by atoms with Crippen LogP contribution in [0.4, 0.5) is 0 Å². The van der Waals surface area contributed by atoms with Gasteiger partial charge in [-0.3, -0.25) is 0 Å². The highest BCUT2D eigenvalue weighted by molar-refractivity contribution is 6.23. The van der Waals surface area contributed by atoms with E-state index in [-0.39, 0.29) is 0 Å². The van der Waals surface area contributed by atoms with Crippen molar-refractivity contribution in [2.24, 2.45) is 0 Å². The Morgan fingerprint density at radius 3 is 1.60 bits per heavy atom. The summed E-state index contributed by atoms with van der Waals surface area (Å²) in [4.78, 5) is 3.79. The van der Waals surface area contributed by atoms with Gasteiger partial charge in [-0.15, -0.1) is 0 Å². The zero-order valence-corrected chi connectivity index (χ0v) is 23.5. The van der Waals surface area contributed by atoms with Gasteiger partial charge in [0, 0.05) is 21.7 Å². The van der Waals surface area contributed by atoms with Crippen molar-refractivity contribution >= 4 is 54.1 Å². The van der Waals surface area contributed by atoms with Crippen LogP contribution in [0, 0.1) is 0 Å². The number of hydrogen-bond acceptors (Lipinski definition) is 0. The molecule has 0 fully saturated rings. The minimum atomic E-state index is 1.16. The Morgan fingerprint density at radius 2 is 0.884 bits per heavy atom. The molecule has 0 aliphatic heterocycles. The highest BCUT2D eigenvalue weighted by Crippen LogP contribution is 2.46. The Labute approximate surface area is 249 Å². The van der Waals surface area contributed by atoms with Gasteiger partial charge in [0.1, 0.15) is 0 Å². The molecule has 0 radical (unpaired) electrons. The molecule has 1 heteroatoms. The topological polar surface area (TPSA) is 15.8 Å². The molecular formula is C42H27N. The fourth-order valence-corrected chi connectivity index (χ4v) is 7.10. The molecule has 0 unspecified atom stereocenters. The van der Waals surface area contributed by atoms with Gasteiger partial charge in [-0.05, 0) is 66.4 Å². The smallest absolute Gasteiger partial charge is 0.0544 e. The molecule has 0 saturated heterocycles. The predicted octanol–water partition coefficient (Wildman–Crippen LogP) is 11.8. The van der Waals surface area contributed by atoms with Crippen molar-refractivity contribution in [2.45, 2.75) is 0 Å². The largest absolute Gasteiger partial charge is 0.354 e. The molecule has 0 bridgehead atoms. The van der Waals surface area contributed by atoms with E-state index in [0.29, 0.717) is 0 Å². The molecule has 0 aliphatic carbocycles. The summed E-state index contributed by atoms with van der Waals surface area (Å²) in [5, 5.41) is 10.1. The van der Waals surface area contributed by atoms with Crippen LogP contribution in [0.5, 0.6) is 0 Å². The van der Waals surface area contributed by atoms with Crippen molar-refractivity contribution in [3.63, 3.8) is 0 Å². The van der Waals surface area contributed by atoms with Gasteiger partial charge in [0.25, 0.3) is 0 Å². The summed E-state index contributed by atoms with van der Waals surface area (Å²) in [6.45, 7) is 0. The third-order valence-corrected chi connectivity index (χ3v) is 9.00. The van der Waals surface area contributed by atoms with E-state index >= 15 is 0 Å². The van der Waals surface area contributed by atoms with Gasteiger partial charge in [0.2, 0.25) is 0 Å². The molecular weight excluding hydrogens is 518 g/mol. The number of benzene rings is 8. The lowest BCUT2D eigenvalue weighted by molar-refractivity contribution is 1.56. The van der Waals surface area contributed by atoms with Crippen molar-refractivity contribution in [3.8, 4) is 33.4 Å². The quantitative estimate of drug-likeness (QED) is 0.213. The summed E-state index contributed by atoms with van der Waals surface area (Å²) in [6.07, 6.45) is 0. The van der Waals surface area contributed by atoms with Crippen LogP contribution in [0.25, 0.3) is 87.5 Å². The number of hydrogen-bond donors (Lipinski definition) is 1. The van der Waals surface area contributed by atoms with Gasteiger partial charge in [-0.1, -0.05) is 152 Å². The molecule has 0 saturated carbocycles. The molecule has 0 amide bonds. The zero-order valence-electron chi connectivity index (χ0n) is 23.5. The molecule has 8 aromatic carbocycles. The SMILES string of the molecule is c1ccc(-c2ccccc2-c2c3ccccc3c(-c3ccc4c(c3)[nH]c3c5ccccc5ccc43)c3ccccc23)cc1. The van der Waals surface area contributed by atoms with Crippen LogP contribution in [0.2, 0.25) is 0 Å². The minimum absolute atomic E-state index is 1.16. The first-order valence-electron chi connectivity index (χ1n) is 14.9. The first-order chi connectivity index (χ1) is 21.3. The molecule has 0 aliphatic rings. The Bertz CT molecular complexity index is 2440. The molecule has 1 heterocycles. The predicted molar refractivity (Wildman–Crippen MR) is 185 cm³/mol. The van der Waals surface area contributed by atoms with E-state index in [4.69, 9.17) is 0 Å². The Morgan fingerprint density at radius 1 is 0.326 bits per heavy atom. The van der Waals surface area contributed by atoms with Crippen LogP contribution in [-0.2, 0) is 0 Å². The highest BCUT2D eigenvalue weighted by atomic mass is 14.7. The summed E-state index contributed by atoms with van der Waals surface area (Å²) in [6, 6.07) is 57.4. The van der Waals surface area contributed by atoms with Gasteiger partial charge in [-0.25, -0.2) is 0 Å². The number of aromatic nitrogens is 1. The third kappa shape index (κ3) is 3.65. The van der Waals surface area contributed by atoms with Gasteiger partial charge >= 0.3 is 0 Å². The van der Waals surface area contributed by atoms with E-state index in [1.807, 2.05) is 0 Å². The monoisotopic (exact) mass is 545 g/mol. The van der Waals surface area contributed by atoms with Crippen molar-refractivity contribution in [1.82, 2.24) is 4.98 Å². The molecule has 1 aromatic heterocycles. The van der Waals surface area contributed by atoms with E-state index < -0.39 is 0 Å². The highest BCUT2D eigenvalue weighted by Gasteiger charge is 2.19. The maximum absolute atomic E-state index is 3.79. The van der Waals surface area contributed by atoms with Crippen molar-refractivity contribution in [2.75, 3.05) is 0 Å². The number of aromatic amines is 1. The van der Waals surface area contributed by atoms with E-state index in [0.717, 1.165) is 5.52 Å². The lowest BCUT2D eigenvalue weighted by atomic mass is 9.84. The van der Waals surface area contributed by atoms with Crippen molar-refractivity contribution in [1.29, 1.82) is 0 Å². The lowest BCUT2D eigenvalue weighted by Crippen LogP contribution is -1.92. The summed E-state index contributed by atoms with van der Waals surface area (Å²) in [5.74, 6) is 0. The first-order valence-corrected chi connectivity index (χ1v) is 14.9. The molecule has 9 aromatic rings. The fourth-order valence-electron chi connectivity index (χ4n) is 7.10. The average Bonchev–Trinajstić information content (AvgIpc) is 3.46. The summed E-state index contributed by atoms with van der Waals surface area (Å²) in [7, 11) is 0. The van der Waals surface area contributed by atoms with Crippen LogP contribution >= 0.6 is 0 Å². The second-order valence-electron chi connectivity index (χ2n) is 11.3. The maximum Gasteiger partial charge on any atom is 0.0544 e. The second kappa shape index (κ2) is 9.44. The van der Waals surface area contributed by atoms with Gasteiger partial charge in [0.15, 0.2) is 0 Å². The number of rotatable bonds is 3. The fraction of sp³-hybridized carbons (Fsp3) is 0. The standard InChI is InChI=1S/C42H27N/c1-2-12-27(13-3-1)30-15-6-7-17-33(30)41-36-20-10-8-18-34(36)40(35-19-9-11-21-37(35)41)29-23-24-32-38-25-22-28-14-4-5-16-31(28)42(38)43-39(32)26-29/h1-26,43H. The maximum atomic E-state index is 3.79. The molecule has 0 spiro atoms. The number of fused-ring (bicyclic) bond motifs is 7. The molecule has 1 N–H and O–H groups in total. The third-order valence-electron chi connectivity index (χ3n) is 9.00. The van der Waals surface area contributed by atoms with Crippen LogP contribution in [0.1, 0.15) is 0 Å². The zero-order chi connectivity index (χ0) is 28.3. The molecule has 43 heavy (non-hydrogen) atoms. The van der Waals surface area contributed by atoms with Crippen LogP contribution in [0.3, 0.4) is 0 Å². The Hall–Kier alpha value is -5.66. The van der Waals surface area contributed by atoms with Crippen LogP contribution < -0.4 is 0 Å². The summed E-state index contributed by atoms with van der Waals surface area (Å²) >= 11 is 0. The van der Waals surface area contributed by atoms with Gasteiger partial charge in [-0.2, -0.15) is 0 Å². The Balaban J connectivity index is 1.35. The normalized spacial score (nSPS) is 11.7. The minimum Gasteiger partial charge on any atom is -0.354 e. The summed E-state index contributed by atoms with van der Waals surface area (Å²) in [5.41, 5.74) is 9.88. The van der Waals surface area contributed by atoms with E-state index in [1.165, 1.54) is 82.0 Å². The average molecular weight is 546 g/mol. The van der Waals surface area contributed by atoms with Crippen LogP contribution in [0.15, 0.2) is 158 Å². The van der Waals surface area contributed by atoms with E-state index in [9.17, 15) is 0 Å². The van der Waals surface area contributed by atoms with Crippen LogP contribution in [-0.4, -0.2) is 4.98 Å². The van der Waals surface area contributed by atoms with Crippen molar-refractivity contribution < 1.29 is 0 Å². The van der Waals surface area contributed by atoms with Gasteiger partial charge in [0.05, 0.1) is 5.52 Å². The molecule has 200 valence electrons. The molecule has 9 rings (SSSR count). The Kier molecular flexibility index (Phi) is 5.27. The van der Waals surface area contributed by atoms with Crippen molar-refractivity contribution in [3.05, 3.63) is 158 Å². The van der Waals surface area contributed by atoms with E-state index in [1.54, 1.807) is 0 Å².